The van der Waals surface area contributed by atoms with Crippen LogP contribution in [-0.4, -0.2) is 37.0 Å². The lowest BCUT2D eigenvalue weighted by Crippen LogP contribution is -2.32. The van der Waals surface area contributed by atoms with Gasteiger partial charge in [0.2, 0.25) is 10.0 Å². The number of amides is 2. The molecule has 1 aromatic carbocycles. The van der Waals surface area contributed by atoms with Crippen molar-refractivity contribution in [3.8, 4) is 0 Å². The summed E-state index contributed by atoms with van der Waals surface area (Å²) in [6.07, 6.45) is -0.329. The predicted octanol–water partition coefficient (Wildman–Crippen LogP) is -0.190. The van der Waals surface area contributed by atoms with E-state index < -0.39 is 27.8 Å². The van der Waals surface area contributed by atoms with Gasteiger partial charge in [-0.15, -0.1) is 0 Å². The van der Waals surface area contributed by atoms with E-state index in [0.29, 0.717) is 5.06 Å². The van der Waals surface area contributed by atoms with Gasteiger partial charge in [0.1, 0.15) is 0 Å². The van der Waals surface area contributed by atoms with Crippen LogP contribution in [0.3, 0.4) is 0 Å². The number of benzene rings is 1. The molecule has 1 aliphatic heterocycles. The van der Waals surface area contributed by atoms with Crippen LogP contribution in [0.15, 0.2) is 24.3 Å². The molecule has 0 unspecified atom stereocenters. The van der Waals surface area contributed by atoms with E-state index >= 15 is 0 Å². The Hall–Kier alpha value is -2.26. The smallest absolute Gasteiger partial charge is 0.330 e. The minimum absolute atomic E-state index is 0.0547. The molecule has 112 valence electrons. The number of primary sulfonamides is 1. The van der Waals surface area contributed by atoms with Gasteiger partial charge in [0.15, 0.2) is 0 Å². The van der Waals surface area contributed by atoms with Gasteiger partial charge in [0.25, 0.3) is 11.8 Å². The lowest BCUT2D eigenvalue weighted by molar-refractivity contribution is -0.168. The lowest BCUT2D eigenvalue weighted by Gasteiger charge is -2.12. The number of fused-ring (bicyclic) bond motifs is 1. The third-order valence-electron chi connectivity index (χ3n) is 2.76. The molecule has 9 heteroatoms. The van der Waals surface area contributed by atoms with Crippen LogP contribution in [0.5, 0.6) is 0 Å². The number of imide groups is 1. The maximum absolute atomic E-state index is 11.9. The Morgan fingerprint density at radius 3 is 2.14 bits per heavy atom. The first-order valence-electron chi connectivity index (χ1n) is 5.98. The summed E-state index contributed by atoms with van der Waals surface area (Å²) in [6, 6.07) is 6.07. The molecule has 0 saturated carbocycles. The number of hydrogen-bond donors (Lipinski definition) is 1. The van der Waals surface area contributed by atoms with Gasteiger partial charge in [-0.3, -0.25) is 9.59 Å². The fourth-order valence-corrected chi connectivity index (χ4v) is 2.36. The molecule has 0 saturated heterocycles. The Morgan fingerprint density at radius 1 is 1.14 bits per heavy atom. The molecule has 1 aliphatic rings. The summed E-state index contributed by atoms with van der Waals surface area (Å²) in [5.41, 5.74) is 0.305. The van der Waals surface area contributed by atoms with Crippen molar-refractivity contribution in [1.29, 1.82) is 0 Å². The van der Waals surface area contributed by atoms with Crippen molar-refractivity contribution in [3.63, 3.8) is 0 Å². The number of carbonyl (C=O) groups excluding carboxylic acids is 3. The summed E-state index contributed by atoms with van der Waals surface area (Å²) in [5.74, 6) is -2.72. The van der Waals surface area contributed by atoms with Crippen molar-refractivity contribution in [3.05, 3.63) is 35.4 Å². The normalized spacial score (nSPS) is 14.2. The molecular weight excluding hydrogens is 300 g/mol. The van der Waals surface area contributed by atoms with Crippen LogP contribution >= 0.6 is 0 Å². The summed E-state index contributed by atoms with van der Waals surface area (Å²) < 4.78 is 21.4. The maximum Gasteiger partial charge on any atom is 0.333 e. The molecule has 0 atom stereocenters. The fraction of sp³-hybridized carbons (Fsp3) is 0.250. The highest BCUT2D eigenvalue weighted by atomic mass is 32.2. The van der Waals surface area contributed by atoms with Crippen LogP contribution in [-0.2, 0) is 19.7 Å². The van der Waals surface area contributed by atoms with E-state index in [1.807, 2.05) is 0 Å². The Kier molecular flexibility index (Phi) is 4.05. The van der Waals surface area contributed by atoms with Crippen molar-refractivity contribution in [1.82, 2.24) is 5.06 Å². The molecule has 0 aliphatic carbocycles. The van der Waals surface area contributed by atoms with E-state index in [0.717, 1.165) is 0 Å². The van der Waals surface area contributed by atoms with Gasteiger partial charge in [-0.25, -0.2) is 18.4 Å². The lowest BCUT2D eigenvalue weighted by atomic mass is 10.1. The van der Waals surface area contributed by atoms with Crippen LogP contribution in [0.2, 0.25) is 0 Å². The van der Waals surface area contributed by atoms with E-state index in [-0.39, 0.29) is 29.7 Å². The van der Waals surface area contributed by atoms with Gasteiger partial charge < -0.3 is 4.84 Å². The number of hydroxylamine groups is 2. The molecule has 0 radical (unpaired) electrons. The molecule has 1 heterocycles. The average Bonchev–Trinajstić information content (AvgIpc) is 2.63. The molecule has 21 heavy (non-hydrogen) atoms. The Morgan fingerprint density at radius 2 is 1.67 bits per heavy atom. The Balaban J connectivity index is 1.97. The first-order chi connectivity index (χ1) is 9.79. The van der Waals surface area contributed by atoms with E-state index in [9.17, 15) is 22.8 Å². The van der Waals surface area contributed by atoms with Crippen LogP contribution in [0.1, 0.15) is 33.6 Å². The van der Waals surface area contributed by atoms with Crippen molar-refractivity contribution in [2.45, 2.75) is 12.8 Å². The first-order valence-corrected chi connectivity index (χ1v) is 7.70. The second kappa shape index (κ2) is 5.62. The van der Waals surface area contributed by atoms with Crippen LogP contribution < -0.4 is 5.14 Å². The van der Waals surface area contributed by atoms with E-state index in [1.54, 1.807) is 12.1 Å². The SMILES string of the molecule is NS(=O)(=O)CCCC(=O)ON1C(=O)c2ccccc2C1=O. The summed E-state index contributed by atoms with van der Waals surface area (Å²) in [7, 11) is -3.67. The van der Waals surface area contributed by atoms with Gasteiger partial charge in [0, 0.05) is 6.42 Å². The molecule has 1 aromatic rings. The summed E-state index contributed by atoms with van der Waals surface area (Å²) >= 11 is 0. The molecule has 0 fully saturated rings. The highest BCUT2D eigenvalue weighted by Gasteiger charge is 2.38. The summed E-state index contributed by atoms with van der Waals surface area (Å²) in [5, 5.41) is 5.17. The molecule has 0 spiro atoms. The van der Waals surface area contributed by atoms with Crippen LogP contribution in [0, 0.1) is 0 Å². The highest BCUT2D eigenvalue weighted by molar-refractivity contribution is 7.89. The summed E-state index contributed by atoms with van der Waals surface area (Å²) in [6.45, 7) is 0. The number of sulfonamides is 1. The largest absolute Gasteiger partial charge is 0.333 e. The van der Waals surface area contributed by atoms with Gasteiger partial charge in [0.05, 0.1) is 16.9 Å². The highest BCUT2D eigenvalue weighted by Crippen LogP contribution is 2.22. The number of carbonyl (C=O) groups is 3. The van der Waals surface area contributed by atoms with Crippen molar-refractivity contribution in [2.24, 2.45) is 5.14 Å². The zero-order valence-electron chi connectivity index (χ0n) is 10.8. The molecular formula is C12H12N2O6S. The third kappa shape index (κ3) is 3.44. The minimum Gasteiger partial charge on any atom is -0.330 e. The van der Waals surface area contributed by atoms with Crippen molar-refractivity contribution in [2.75, 3.05) is 5.75 Å². The van der Waals surface area contributed by atoms with Crippen LogP contribution in [0.25, 0.3) is 0 Å². The third-order valence-corrected chi connectivity index (χ3v) is 3.62. The Labute approximate surface area is 120 Å². The fourth-order valence-electron chi connectivity index (χ4n) is 1.82. The monoisotopic (exact) mass is 312 g/mol. The average molecular weight is 312 g/mol. The molecule has 8 nitrogen and oxygen atoms in total. The molecule has 0 aromatic heterocycles. The number of nitrogens with zero attached hydrogens (tertiary/aromatic N) is 1. The van der Waals surface area contributed by atoms with Gasteiger partial charge in [-0.2, -0.15) is 0 Å². The zero-order valence-corrected chi connectivity index (χ0v) is 11.6. The summed E-state index contributed by atoms with van der Waals surface area (Å²) in [4.78, 5) is 40.0. The predicted molar refractivity (Wildman–Crippen MR) is 70.2 cm³/mol. The number of rotatable bonds is 5. The van der Waals surface area contributed by atoms with Gasteiger partial charge in [-0.1, -0.05) is 17.2 Å². The number of nitrogens with two attached hydrogens (primary N) is 1. The molecule has 0 bridgehead atoms. The van der Waals surface area contributed by atoms with Crippen LogP contribution in [0.4, 0.5) is 0 Å². The van der Waals surface area contributed by atoms with E-state index in [2.05, 4.69) is 0 Å². The van der Waals surface area contributed by atoms with Gasteiger partial charge in [-0.05, 0) is 18.6 Å². The second-order valence-electron chi connectivity index (χ2n) is 4.38. The maximum atomic E-state index is 11.9. The topological polar surface area (TPSA) is 124 Å². The van der Waals surface area contributed by atoms with E-state index in [1.165, 1.54) is 12.1 Å². The minimum atomic E-state index is -3.67. The van der Waals surface area contributed by atoms with Crippen molar-refractivity contribution >= 4 is 27.8 Å². The van der Waals surface area contributed by atoms with Crippen molar-refractivity contribution < 1.29 is 27.6 Å². The van der Waals surface area contributed by atoms with E-state index in [4.69, 9.17) is 9.98 Å². The Bertz CT molecular complexity index is 677. The number of hydrogen-bond acceptors (Lipinski definition) is 6. The quantitative estimate of drug-likeness (QED) is 0.751. The molecule has 2 amide bonds. The zero-order chi connectivity index (χ0) is 15.6. The molecule has 2 rings (SSSR count). The first kappa shape index (κ1) is 15.1. The standard InChI is InChI=1S/C12H12N2O6S/c13-21(18,19)7-3-6-10(15)20-14-11(16)8-4-1-2-5-9(8)12(14)17/h1-2,4-5H,3,6-7H2,(H2,13,18,19). The molecule has 2 N–H and O–H groups in total. The van der Waals surface area contributed by atoms with Gasteiger partial charge >= 0.3 is 5.97 Å². The second-order valence-corrected chi connectivity index (χ2v) is 6.12.